The van der Waals surface area contributed by atoms with Crippen LogP contribution >= 0.6 is 0 Å². The Morgan fingerprint density at radius 2 is 2.24 bits per heavy atom. The SMILES string of the molecule is CC(C)N1C(=O)COc2ccc(C(O)C3CCCN3)cc21. The molecule has 21 heavy (non-hydrogen) atoms. The molecule has 2 aliphatic heterocycles. The molecular weight excluding hydrogens is 268 g/mol. The number of aliphatic hydroxyl groups excluding tert-OH is 1. The van der Waals surface area contributed by atoms with Gasteiger partial charge < -0.3 is 20.1 Å². The molecule has 2 N–H and O–H groups in total. The molecule has 2 atom stereocenters. The summed E-state index contributed by atoms with van der Waals surface area (Å²) in [7, 11) is 0. The van der Waals surface area contributed by atoms with Crippen molar-refractivity contribution in [1.29, 1.82) is 0 Å². The van der Waals surface area contributed by atoms with Gasteiger partial charge in [-0.2, -0.15) is 0 Å². The third-order valence-electron chi connectivity index (χ3n) is 4.20. The number of amides is 1. The van der Waals surface area contributed by atoms with Gasteiger partial charge in [-0.1, -0.05) is 6.07 Å². The molecule has 1 aromatic rings. The summed E-state index contributed by atoms with van der Waals surface area (Å²) in [6.45, 7) is 4.99. The first-order valence-corrected chi connectivity index (χ1v) is 7.58. The third kappa shape index (κ3) is 2.63. The molecule has 5 heteroatoms. The van der Waals surface area contributed by atoms with Gasteiger partial charge >= 0.3 is 0 Å². The van der Waals surface area contributed by atoms with Crippen molar-refractivity contribution in [2.45, 2.75) is 44.9 Å². The Kier molecular flexibility index (Phi) is 3.87. The summed E-state index contributed by atoms with van der Waals surface area (Å²) >= 11 is 0. The van der Waals surface area contributed by atoms with Gasteiger partial charge in [-0.05, 0) is 50.9 Å². The van der Waals surface area contributed by atoms with Crippen LogP contribution in [0, 0.1) is 0 Å². The van der Waals surface area contributed by atoms with E-state index in [1.165, 1.54) is 0 Å². The molecule has 1 fully saturated rings. The van der Waals surface area contributed by atoms with Gasteiger partial charge in [-0.15, -0.1) is 0 Å². The van der Waals surface area contributed by atoms with Crippen molar-refractivity contribution in [3.63, 3.8) is 0 Å². The van der Waals surface area contributed by atoms with Gasteiger partial charge in [0.1, 0.15) is 5.75 Å². The maximum Gasteiger partial charge on any atom is 0.265 e. The van der Waals surface area contributed by atoms with Gasteiger partial charge in [-0.3, -0.25) is 4.79 Å². The monoisotopic (exact) mass is 290 g/mol. The average Bonchev–Trinajstić information content (AvgIpc) is 2.99. The van der Waals surface area contributed by atoms with E-state index in [1.54, 1.807) is 4.90 Å². The van der Waals surface area contributed by atoms with Gasteiger partial charge in [0, 0.05) is 12.1 Å². The van der Waals surface area contributed by atoms with Gasteiger partial charge in [0.05, 0.1) is 11.8 Å². The summed E-state index contributed by atoms with van der Waals surface area (Å²) in [5, 5.41) is 13.8. The highest BCUT2D eigenvalue weighted by Gasteiger charge is 2.30. The summed E-state index contributed by atoms with van der Waals surface area (Å²) in [5.41, 5.74) is 1.59. The largest absolute Gasteiger partial charge is 0.482 e. The lowest BCUT2D eigenvalue weighted by Gasteiger charge is -2.33. The summed E-state index contributed by atoms with van der Waals surface area (Å²) in [5.74, 6) is 0.668. The fourth-order valence-electron chi connectivity index (χ4n) is 3.15. The molecule has 2 aliphatic rings. The normalized spacial score (nSPS) is 23.1. The Hall–Kier alpha value is -1.59. The van der Waals surface area contributed by atoms with Gasteiger partial charge in [0.2, 0.25) is 0 Å². The maximum atomic E-state index is 12.1. The quantitative estimate of drug-likeness (QED) is 0.888. The molecule has 2 heterocycles. The number of benzene rings is 1. The molecule has 0 spiro atoms. The number of hydrogen-bond acceptors (Lipinski definition) is 4. The van der Waals surface area contributed by atoms with E-state index in [0.717, 1.165) is 30.6 Å². The topological polar surface area (TPSA) is 61.8 Å². The predicted molar refractivity (Wildman–Crippen MR) is 80.5 cm³/mol. The molecule has 2 unspecified atom stereocenters. The van der Waals surface area contributed by atoms with Crippen molar-refractivity contribution < 1.29 is 14.6 Å². The van der Waals surface area contributed by atoms with Crippen molar-refractivity contribution in [2.75, 3.05) is 18.1 Å². The van der Waals surface area contributed by atoms with Crippen molar-refractivity contribution in [2.24, 2.45) is 0 Å². The number of hydrogen-bond donors (Lipinski definition) is 2. The molecule has 0 radical (unpaired) electrons. The molecule has 3 rings (SSSR count). The van der Waals surface area contributed by atoms with Crippen LogP contribution in [0.3, 0.4) is 0 Å². The van der Waals surface area contributed by atoms with E-state index >= 15 is 0 Å². The van der Waals surface area contributed by atoms with E-state index in [1.807, 2.05) is 32.0 Å². The Bertz CT molecular complexity index is 538. The van der Waals surface area contributed by atoms with Crippen molar-refractivity contribution >= 4 is 11.6 Å². The van der Waals surface area contributed by atoms with E-state index in [-0.39, 0.29) is 24.6 Å². The van der Waals surface area contributed by atoms with Crippen molar-refractivity contribution in [3.8, 4) is 5.75 Å². The lowest BCUT2D eigenvalue weighted by atomic mass is 9.99. The summed E-state index contributed by atoms with van der Waals surface area (Å²) in [4.78, 5) is 13.8. The first kappa shape index (κ1) is 14.4. The highest BCUT2D eigenvalue weighted by atomic mass is 16.5. The van der Waals surface area contributed by atoms with Crippen LogP contribution < -0.4 is 15.0 Å². The Balaban J connectivity index is 1.93. The van der Waals surface area contributed by atoms with Crippen LogP contribution in [0.1, 0.15) is 38.4 Å². The average molecular weight is 290 g/mol. The van der Waals surface area contributed by atoms with Gasteiger partial charge in [-0.25, -0.2) is 0 Å². The number of fused-ring (bicyclic) bond motifs is 1. The zero-order valence-corrected chi connectivity index (χ0v) is 12.5. The van der Waals surface area contributed by atoms with E-state index in [0.29, 0.717) is 5.75 Å². The summed E-state index contributed by atoms with van der Waals surface area (Å²) in [6.07, 6.45) is 1.51. The van der Waals surface area contributed by atoms with Crippen molar-refractivity contribution in [3.05, 3.63) is 23.8 Å². The molecule has 5 nitrogen and oxygen atoms in total. The standard InChI is InChI=1S/C16H22N2O3/c1-10(2)18-13-8-11(16(20)12-4-3-7-17-12)5-6-14(13)21-9-15(18)19/h5-6,8,10,12,16-17,20H,3-4,7,9H2,1-2H3. The Morgan fingerprint density at radius 1 is 1.43 bits per heavy atom. The number of nitrogens with zero attached hydrogens (tertiary/aromatic N) is 1. The number of rotatable bonds is 3. The minimum atomic E-state index is -0.552. The van der Waals surface area contributed by atoms with Crippen LogP contribution in [0.15, 0.2) is 18.2 Å². The Morgan fingerprint density at radius 3 is 2.90 bits per heavy atom. The maximum absolute atomic E-state index is 12.1. The lowest BCUT2D eigenvalue weighted by Crippen LogP contribution is -2.43. The second-order valence-corrected chi connectivity index (χ2v) is 6.02. The van der Waals surface area contributed by atoms with Crippen LogP contribution in [0.25, 0.3) is 0 Å². The highest BCUT2D eigenvalue weighted by Crippen LogP contribution is 2.36. The van der Waals surface area contributed by atoms with Crippen LogP contribution in [0.5, 0.6) is 5.75 Å². The molecule has 0 aromatic heterocycles. The predicted octanol–water partition coefficient (Wildman–Crippen LogP) is 1.61. The number of ether oxygens (including phenoxy) is 1. The summed E-state index contributed by atoms with van der Waals surface area (Å²) < 4.78 is 5.49. The second-order valence-electron chi connectivity index (χ2n) is 6.02. The van der Waals surface area contributed by atoms with Crippen LogP contribution in [0.2, 0.25) is 0 Å². The van der Waals surface area contributed by atoms with Gasteiger partial charge in [0.25, 0.3) is 5.91 Å². The molecular formula is C16H22N2O3. The number of anilines is 1. The molecule has 1 saturated heterocycles. The summed E-state index contributed by atoms with van der Waals surface area (Å²) in [6, 6.07) is 5.78. The third-order valence-corrected chi connectivity index (χ3v) is 4.20. The van der Waals surface area contributed by atoms with Crippen LogP contribution in [-0.2, 0) is 4.79 Å². The van der Waals surface area contributed by atoms with E-state index in [2.05, 4.69) is 5.32 Å². The first-order valence-electron chi connectivity index (χ1n) is 7.58. The van der Waals surface area contributed by atoms with E-state index < -0.39 is 6.10 Å². The molecule has 1 amide bonds. The fourth-order valence-corrected chi connectivity index (χ4v) is 3.15. The van der Waals surface area contributed by atoms with Crippen LogP contribution in [0.4, 0.5) is 5.69 Å². The molecule has 1 aromatic carbocycles. The molecule has 0 saturated carbocycles. The van der Waals surface area contributed by atoms with Gasteiger partial charge in [0.15, 0.2) is 6.61 Å². The smallest absolute Gasteiger partial charge is 0.265 e. The van der Waals surface area contributed by atoms with E-state index in [9.17, 15) is 9.90 Å². The molecule has 0 bridgehead atoms. The minimum absolute atomic E-state index is 0.0388. The number of nitrogens with one attached hydrogen (secondary N) is 1. The zero-order valence-electron chi connectivity index (χ0n) is 12.5. The van der Waals surface area contributed by atoms with Crippen LogP contribution in [-0.4, -0.2) is 36.2 Å². The number of aliphatic hydroxyl groups is 1. The first-order chi connectivity index (χ1) is 10.1. The number of carbonyl (C=O) groups excluding carboxylic acids is 1. The molecule has 0 aliphatic carbocycles. The minimum Gasteiger partial charge on any atom is -0.482 e. The fraction of sp³-hybridized carbons (Fsp3) is 0.562. The highest BCUT2D eigenvalue weighted by molar-refractivity contribution is 5.98. The zero-order chi connectivity index (χ0) is 15.0. The number of carbonyl (C=O) groups is 1. The van der Waals surface area contributed by atoms with E-state index in [4.69, 9.17) is 4.74 Å². The second kappa shape index (κ2) is 5.66. The Labute approximate surface area is 124 Å². The lowest BCUT2D eigenvalue weighted by molar-refractivity contribution is -0.121. The van der Waals surface area contributed by atoms with Crippen molar-refractivity contribution in [1.82, 2.24) is 5.32 Å². The molecule has 114 valence electrons.